The van der Waals surface area contributed by atoms with Crippen molar-refractivity contribution in [3.8, 4) is 5.75 Å². The number of hydrogen-bond acceptors (Lipinski definition) is 7. The van der Waals surface area contributed by atoms with Crippen LogP contribution in [0.5, 0.6) is 5.75 Å². The fourth-order valence-corrected chi connectivity index (χ4v) is 2.86. The van der Waals surface area contributed by atoms with E-state index in [1.165, 1.54) is 24.4 Å². The predicted octanol–water partition coefficient (Wildman–Crippen LogP) is 1.71. The zero-order chi connectivity index (χ0) is 14.6. The van der Waals surface area contributed by atoms with Crippen LogP contribution in [0.1, 0.15) is 13.3 Å². The van der Waals surface area contributed by atoms with Gasteiger partial charge in [-0.25, -0.2) is 8.42 Å². The third-order valence-electron chi connectivity index (χ3n) is 2.36. The molecule has 0 amide bonds. The van der Waals surface area contributed by atoms with Gasteiger partial charge in [-0.2, -0.15) is 8.75 Å². The highest BCUT2D eigenvalue weighted by Crippen LogP contribution is 2.26. The molecule has 0 unspecified atom stereocenters. The lowest BCUT2D eigenvalue weighted by Gasteiger charge is -2.10. The highest BCUT2D eigenvalue weighted by molar-refractivity contribution is 7.92. The monoisotopic (exact) mass is 314 g/mol. The Morgan fingerprint density at radius 1 is 1.45 bits per heavy atom. The molecule has 20 heavy (non-hydrogen) atoms. The molecule has 7 nitrogen and oxygen atoms in total. The van der Waals surface area contributed by atoms with Crippen LogP contribution in [0, 0.1) is 0 Å². The average molecular weight is 314 g/mol. The molecule has 0 fully saturated rings. The first-order chi connectivity index (χ1) is 9.53. The van der Waals surface area contributed by atoms with Crippen molar-refractivity contribution in [2.75, 3.05) is 17.1 Å². The summed E-state index contributed by atoms with van der Waals surface area (Å²) in [5.74, 6) is 0.536. The van der Waals surface area contributed by atoms with Crippen LogP contribution in [-0.2, 0) is 10.0 Å². The number of ether oxygens (including phenoxy) is 1. The summed E-state index contributed by atoms with van der Waals surface area (Å²) in [5, 5.41) is 0. The van der Waals surface area contributed by atoms with Crippen LogP contribution in [-0.4, -0.2) is 23.8 Å². The van der Waals surface area contributed by atoms with E-state index in [-0.39, 0.29) is 10.7 Å². The molecular formula is C11H14N4O3S2. The summed E-state index contributed by atoms with van der Waals surface area (Å²) in [5.41, 5.74) is 6.14. The van der Waals surface area contributed by atoms with Crippen LogP contribution in [0.25, 0.3) is 0 Å². The van der Waals surface area contributed by atoms with Crippen molar-refractivity contribution in [1.29, 1.82) is 0 Å². The van der Waals surface area contributed by atoms with Gasteiger partial charge in [0, 0.05) is 6.07 Å². The van der Waals surface area contributed by atoms with Crippen LogP contribution in [0.15, 0.2) is 29.3 Å². The van der Waals surface area contributed by atoms with E-state index in [1.807, 2.05) is 6.92 Å². The molecule has 0 aliphatic carbocycles. The number of nitrogens with two attached hydrogens (primary N) is 1. The topological polar surface area (TPSA) is 107 Å². The molecule has 0 bridgehead atoms. The van der Waals surface area contributed by atoms with E-state index in [4.69, 9.17) is 10.5 Å². The second kappa shape index (κ2) is 6.06. The van der Waals surface area contributed by atoms with E-state index in [0.717, 1.165) is 18.1 Å². The Bertz CT molecular complexity index is 671. The van der Waals surface area contributed by atoms with Gasteiger partial charge in [0.15, 0.2) is 5.82 Å². The lowest BCUT2D eigenvalue weighted by molar-refractivity contribution is 0.318. The summed E-state index contributed by atoms with van der Waals surface area (Å²) in [6.07, 6.45) is 2.15. The largest absolute Gasteiger partial charge is 0.491 e. The van der Waals surface area contributed by atoms with Crippen LogP contribution in [0.4, 0.5) is 11.5 Å². The fourth-order valence-electron chi connectivity index (χ4n) is 1.43. The van der Waals surface area contributed by atoms with Crippen LogP contribution < -0.4 is 15.2 Å². The molecule has 0 saturated heterocycles. The number of aromatic nitrogens is 2. The predicted molar refractivity (Wildman–Crippen MR) is 77.4 cm³/mol. The quantitative estimate of drug-likeness (QED) is 0.786. The molecule has 1 heterocycles. The van der Waals surface area contributed by atoms with Gasteiger partial charge in [0.05, 0.1) is 35.1 Å². The van der Waals surface area contributed by atoms with Gasteiger partial charge in [0.1, 0.15) is 5.75 Å². The fraction of sp³-hybridized carbons (Fsp3) is 0.273. The second-order valence-electron chi connectivity index (χ2n) is 3.95. The van der Waals surface area contributed by atoms with Crippen molar-refractivity contribution < 1.29 is 13.2 Å². The van der Waals surface area contributed by atoms with Crippen molar-refractivity contribution in [2.24, 2.45) is 0 Å². The van der Waals surface area contributed by atoms with Crippen LogP contribution >= 0.6 is 11.7 Å². The van der Waals surface area contributed by atoms with Gasteiger partial charge in [-0.1, -0.05) is 6.92 Å². The Balaban J connectivity index is 2.27. The van der Waals surface area contributed by atoms with Gasteiger partial charge in [0.2, 0.25) is 0 Å². The smallest absolute Gasteiger partial charge is 0.263 e. The van der Waals surface area contributed by atoms with Gasteiger partial charge in [-0.15, -0.1) is 0 Å². The van der Waals surface area contributed by atoms with E-state index in [1.54, 1.807) is 0 Å². The maximum absolute atomic E-state index is 12.2. The standard InChI is InChI=1S/C11H14N4O3S2/c1-2-5-18-10-6-8(3-4-9(10)12)20(16,17)15-11-7-13-19-14-11/h3-4,6-7H,2,5,12H2,1H3,(H,14,15). The molecule has 1 aromatic carbocycles. The number of rotatable bonds is 6. The van der Waals surface area contributed by atoms with E-state index < -0.39 is 10.0 Å². The Labute approximate surface area is 121 Å². The Morgan fingerprint density at radius 3 is 2.90 bits per heavy atom. The summed E-state index contributed by atoms with van der Waals surface area (Å²) in [6.45, 7) is 2.42. The first-order valence-electron chi connectivity index (χ1n) is 5.85. The first-order valence-corrected chi connectivity index (χ1v) is 8.07. The van der Waals surface area contributed by atoms with Gasteiger partial charge >= 0.3 is 0 Å². The van der Waals surface area contributed by atoms with E-state index in [0.29, 0.717) is 18.0 Å². The summed E-state index contributed by atoms with van der Waals surface area (Å²) < 4.78 is 39.6. The van der Waals surface area contributed by atoms with E-state index >= 15 is 0 Å². The third-order valence-corrected chi connectivity index (χ3v) is 4.19. The molecule has 108 valence electrons. The van der Waals surface area contributed by atoms with Gasteiger partial charge in [0.25, 0.3) is 10.0 Å². The number of hydrogen-bond donors (Lipinski definition) is 2. The van der Waals surface area contributed by atoms with Gasteiger partial charge in [-0.3, -0.25) is 4.72 Å². The highest BCUT2D eigenvalue weighted by Gasteiger charge is 2.17. The maximum Gasteiger partial charge on any atom is 0.263 e. The van der Waals surface area contributed by atoms with Crippen LogP contribution in [0.2, 0.25) is 0 Å². The minimum absolute atomic E-state index is 0.0609. The molecule has 1 aromatic heterocycles. The second-order valence-corrected chi connectivity index (χ2v) is 6.19. The third kappa shape index (κ3) is 3.36. The van der Waals surface area contributed by atoms with Crippen molar-refractivity contribution in [3.63, 3.8) is 0 Å². The number of nitrogens with one attached hydrogen (secondary N) is 1. The zero-order valence-corrected chi connectivity index (χ0v) is 12.4. The minimum atomic E-state index is -3.73. The minimum Gasteiger partial charge on any atom is -0.491 e. The molecule has 2 rings (SSSR count). The Morgan fingerprint density at radius 2 is 2.25 bits per heavy atom. The number of sulfonamides is 1. The molecule has 0 atom stereocenters. The van der Waals surface area contributed by atoms with Gasteiger partial charge in [-0.05, 0) is 18.6 Å². The molecule has 2 aromatic rings. The highest BCUT2D eigenvalue weighted by atomic mass is 32.2. The van der Waals surface area contributed by atoms with Crippen LogP contribution in [0.3, 0.4) is 0 Å². The lowest BCUT2D eigenvalue weighted by atomic mass is 10.3. The molecule has 3 N–H and O–H groups in total. The number of anilines is 2. The first kappa shape index (κ1) is 14.5. The van der Waals surface area contributed by atoms with Crippen molar-refractivity contribution >= 4 is 33.3 Å². The number of nitrogen functional groups attached to an aromatic ring is 1. The molecule has 0 spiro atoms. The molecule has 0 aliphatic rings. The Hall–Kier alpha value is -1.87. The lowest BCUT2D eigenvalue weighted by Crippen LogP contribution is -2.13. The van der Waals surface area contributed by atoms with E-state index in [9.17, 15) is 8.42 Å². The SMILES string of the molecule is CCCOc1cc(S(=O)(=O)Nc2cnsn2)ccc1N. The zero-order valence-electron chi connectivity index (χ0n) is 10.7. The molecule has 0 saturated carbocycles. The summed E-state index contributed by atoms with van der Waals surface area (Å²) in [4.78, 5) is 0.0609. The summed E-state index contributed by atoms with van der Waals surface area (Å²) in [6, 6.07) is 4.31. The molecule has 0 radical (unpaired) electrons. The van der Waals surface area contributed by atoms with Crippen molar-refractivity contribution in [1.82, 2.24) is 8.75 Å². The maximum atomic E-state index is 12.2. The van der Waals surface area contributed by atoms with Crippen molar-refractivity contribution in [2.45, 2.75) is 18.2 Å². The summed E-state index contributed by atoms with van der Waals surface area (Å²) >= 11 is 0.921. The average Bonchev–Trinajstić information content (AvgIpc) is 2.89. The Kier molecular flexibility index (Phi) is 4.40. The summed E-state index contributed by atoms with van der Waals surface area (Å²) in [7, 11) is -3.73. The number of nitrogens with zero attached hydrogens (tertiary/aromatic N) is 2. The van der Waals surface area contributed by atoms with Crippen molar-refractivity contribution in [3.05, 3.63) is 24.4 Å². The molecule has 9 heteroatoms. The van der Waals surface area contributed by atoms with E-state index in [2.05, 4.69) is 13.5 Å². The van der Waals surface area contributed by atoms with Gasteiger partial charge < -0.3 is 10.5 Å². The molecule has 0 aliphatic heterocycles. The molecular weight excluding hydrogens is 300 g/mol. The number of benzene rings is 1. The normalized spacial score (nSPS) is 11.2.